The maximum atomic E-state index is 12.3. The van der Waals surface area contributed by atoms with Gasteiger partial charge in [-0.15, -0.1) is 0 Å². The Labute approximate surface area is 223 Å². The molecule has 8 atom stereocenters. The highest BCUT2D eigenvalue weighted by atomic mass is 16.6. The molecule has 0 bridgehead atoms. The zero-order valence-electron chi connectivity index (χ0n) is 24.6. The van der Waals surface area contributed by atoms with Crippen molar-refractivity contribution in [3.05, 3.63) is 11.6 Å². The molecule has 0 aromatic heterocycles. The van der Waals surface area contributed by atoms with Crippen LogP contribution in [0.5, 0.6) is 0 Å². The summed E-state index contributed by atoms with van der Waals surface area (Å²) in [7, 11) is 4.04. The number of rotatable bonds is 9. The lowest BCUT2D eigenvalue weighted by Gasteiger charge is -2.58. The van der Waals surface area contributed by atoms with E-state index in [1.54, 1.807) is 5.57 Å². The van der Waals surface area contributed by atoms with E-state index in [-0.39, 0.29) is 13.6 Å². The van der Waals surface area contributed by atoms with Crippen LogP contribution in [0.2, 0.25) is 0 Å². The van der Waals surface area contributed by atoms with E-state index in [1.165, 1.54) is 57.8 Å². The molecule has 4 heteroatoms. The van der Waals surface area contributed by atoms with Gasteiger partial charge in [-0.1, -0.05) is 65.5 Å². The van der Waals surface area contributed by atoms with E-state index >= 15 is 0 Å². The second kappa shape index (κ2) is 11.4. The third-order valence-corrected chi connectivity index (χ3v) is 11.4. The molecule has 36 heavy (non-hydrogen) atoms. The summed E-state index contributed by atoms with van der Waals surface area (Å²) >= 11 is 0. The third kappa shape index (κ3) is 5.69. The van der Waals surface area contributed by atoms with Gasteiger partial charge in [-0.3, -0.25) is 0 Å². The monoisotopic (exact) mass is 502 g/mol. The topological polar surface area (TPSA) is 41.6 Å². The first kappa shape index (κ1) is 28.0. The molecule has 1 amide bonds. The van der Waals surface area contributed by atoms with Gasteiger partial charge in [0, 0.05) is 20.9 Å². The molecule has 1 N–H and O–H groups in total. The van der Waals surface area contributed by atoms with E-state index in [0.717, 1.165) is 54.9 Å². The van der Waals surface area contributed by atoms with Gasteiger partial charge in [-0.2, -0.15) is 0 Å². The number of carbonyl (C=O) groups is 1. The molecular formula is C32H58N2O2. The fourth-order valence-corrected chi connectivity index (χ4v) is 9.33. The molecule has 4 aliphatic carbocycles. The number of likely N-dealkylation sites (N-methyl/N-ethyl adjacent to an activating group) is 1. The second-order valence-corrected chi connectivity index (χ2v) is 14.3. The van der Waals surface area contributed by atoms with E-state index < -0.39 is 0 Å². The van der Waals surface area contributed by atoms with Crippen LogP contribution in [0.15, 0.2) is 11.6 Å². The molecule has 208 valence electrons. The van der Waals surface area contributed by atoms with Crippen LogP contribution < -0.4 is 5.32 Å². The minimum Gasteiger partial charge on any atom is -0.446 e. The Morgan fingerprint density at radius 1 is 1.11 bits per heavy atom. The molecule has 0 radical (unpaired) electrons. The molecule has 0 spiro atoms. The van der Waals surface area contributed by atoms with Gasteiger partial charge in [0.2, 0.25) is 0 Å². The molecule has 4 aliphatic rings. The molecule has 0 heterocycles. The van der Waals surface area contributed by atoms with Crippen LogP contribution in [-0.4, -0.2) is 44.3 Å². The van der Waals surface area contributed by atoms with Gasteiger partial charge in [-0.25, -0.2) is 4.79 Å². The van der Waals surface area contributed by atoms with Crippen molar-refractivity contribution in [2.45, 2.75) is 111 Å². The van der Waals surface area contributed by atoms with Crippen molar-refractivity contribution in [2.24, 2.45) is 46.3 Å². The standard InChI is InChI=1S/C32H56N2O2.H2/c1-22(2)9-8-10-23(3)27-13-14-28-26-12-11-24-21-25(36-30(35)33-19-20-34(6)7)15-17-31(24,4)29(26)16-18-32(27,28)5;/h11,22-23,25-29H,8-10,12-21H2,1-7H3,(H,33,35);1H/t23-,25+,26+,27-,28+,29+,31+,32-;/m1./s1. The summed E-state index contributed by atoms with van der Waals surface area (Å²) in [5, 5.41) is 2.93. The first-order valence-corrected chi connectivity index (χ1v) is 15.3. The Hall–Kier alpha value is -1.03. The number of allylic oxidation sites excluding steroid dienone is 1. The van der Waals surface area contributed by atoms with E-state index in [1.807, 2.05) is 14.1 Å². The zero-order chi connectivity index (χ0) is 26.1. The predicted octanol–water partition coefficient (Wildman–Crippen LogP) is 7.93. The van der Waals surface area contributed by atoms with Gasteiger partial charge in [0.05, 0.1) is 0 Å². The number of fused-ring (bicyclic) bond motifs is 5. The number of nitrogens with one attached hydrogen (secondary N) is 1. The molecule has 3 saturated carbocycles. The summed E-state index contributed by atoms with van der Waals surface area (Å²) in [6.45, 7) is 14.0. The third-order valence-electron chi connectivity index (χ3n) is 11.4. The molecule has 4 nitrogen and oxygen atoms in total. The van der Waals surface area contributed by atoms with Crippen LogP contribution >= 0.6 is 0 Å². The van der Waals surface area contributed by atoms with E-state index in [2.05, 4.69) is 50.9 Å². The highest BCUT2D eigenvalue weighted by Gasteiger charge is 2.59. The molecule has 0 aromatic carbocycles. The van der Waals surface area contributed by atoms with Gasteiger partial charge in [0.25, 0.3) is 0 Å². The summed E-state index contributed by atoms with van der Waals surface area (Å²) in [5.41, 5.74) is 2.46. The number of hydrogen-bond donors (Lipinski definition) is 1. The normalized spacial score (nSPS) is 38.7. The van der Waals surface area contributed by atoms with Crippen LogP contribution in [0.4, 0.5) is 4.79 Å². The summed E-state index contributed by atoms with van der Waals surface area (Å²) in [4.78, 5) is 14.4. The van der Waals surface area contributed by atoms with E-state index in [4.69, 9.17) is 4.74 Å². The number of carbonyl (C=O) groups excluding carboxylic acids is 1. The Morgan fingerprint density at radius 2 is 1.89 bits per heavy atom. The van der Waals surface area contributed by atoms with Crippen LogP contribution in [0.3, 0.4) is 0 Å². The van der Waals surface area contributed by atoms with Crippen molar-refractivity contribution in [1.29, 1.82) is 0 Å². The van der Waals surface area contributed by atoms with Gasteiger partial charge >= 0.3 is 6.09 Å². The molecule has 4 rings (SSSR count). The van der Waals surface area contributed by atoms with Crippen molar-refractivity contribution in [2.75, 3.05) is 27.2 Å². The van der Waals surface area contributed by atoms with Gasteiger partial charge < -0.3 is 15.0 Å². The Kier molecular flexibility index (Phi) is 8.85. The Morgan fingerprint density at radius 3 is 2.61 bits per heavy atom. The van der Waals surface area contributed by atoms with Crippen molar-refractivity contribution >= 4 is 6.09 Å². The molecule has 3 fully saturated rings. The highest BCUT2D eigenvalue weighted by Crippen LogP contribution is 2.67. The Bertz CT molecular complexity index is 798. The quantitative estimate of drug-likeness (QED) is 0.325. The maximum absolute atomic E-state index is 12.3. The molecule has 0 saturated heterocycles. The number of alkyl carbamates (subject to hydrolysis) is 1. The lowest BCUT2D eigenvalue weighted by molar-refractivity contribution is -0.0581. The number of ether oxygens (including phenoxy) is 1. The predicted molar refractivity (Wildman–Crippen MR) is 152 cm³/mol. The first-order chi connectivity index (χ1) is 17.0. The Balaban J connectivity index is 0.00000380. The van der Waals surface area contributed by atoms with Crippen LogP contribution in [-0.2, 0) is 4.74 Å². The molecular weight excluding hydrogens is 444 g/mol. The van der Waals surface area contributed by atoms with Crippen molar-refractivity contribution < 1.29 is 11.0 Å². The minimum absolute atomic E-state index is 0. The number of nitrogens with zero attached hydrogens (tertiary/aromatic N) is 1. The SMILES string of the molecule is CC(C)CCC[C@@H](C)[C@H]1CC[C@H]2[C@@H]3CC=C4C[C@@H](OC(=O)NCCN(C)C)CC[C@]4(C)[C@H]3CC[C@]12C.[HH]. The van der Waals surface area contributed by atoms with Crippen molar-refractivity contribution in [1.82, 2.24) is 10.2 Å². The molecule has 0 unspecified atom stereocenters. The van der Waals surface area contributed by atoms with Gasteiger partial charge in [0.15, 0.2) is 0 Å². The minimum atomic E-state index is -0.243. The summed E-state index contributed by atoms with van der Waals surface area (Å²) in [6.07, 6.45) is 16.7. The van der Waals surface area contributed by atoms with Gasteiger partial charge in [-0.05, 0) is 105 Å². The van der Waals surface area contributed by atoms with Crippen molar-refractivity contribution in [3.8, 4) is 0 Å². The average Bonchev–Trinajstić information content (AvgIpc) is 3.16. The lowest BCUT2D eigenvalue weighted by atomic mass is 9.47. The van der Waals surface area contributed by atoms with Crippen LogP contribution in [0.25, 0.3) is 0 Å². The highest BCUT2D eigenvalue weighted by molar-refractivity contribution is 5.67. The first-order valence-electron chi connectivity index (χ1n) is 15.3. The maximum Gasteiger partial charge on any atom is 0.407 e. The fourth-order valence-electron chi connectivity index (χ4n) is 9.33. The zero-order valence-corrected chi connectivity index (χ0v) is 24.6. The van der Waals surface area contributed by atoms with Crippen LogP contribution in [0, 0.1) is 46.3 Å². The van der Waals surface area contributed by atoms with Crippen LogP contribution in [0.1, 0.15) is 107 Å². The summed E-state index contributed by atoms with van der Waals surface area (Å²) in [5.74, 6) is 5.21. The smallest absolute Gasteiger partial charge is 0.407 e. The molecule has 0 aromatic rings. The number of amides is 1. The summed E-state index contributed by atoms with van der Waals surface area (Å²) in [6, 6.07) is 0. The molecule has 0 aliphatic heterocycles. The number of hydrogen-bond acceptors (Lipinski definition) is 3. The fraction of sp³-hybridized carbons (Fsp3) is 0.906. The van der Waals surface area contributed by atoms with E-state index in [0.29, 0.717) is 17.4 Å². The second-order valence-electron chi connectivity index (χ2n) is 14.3. The summed E-state index contributed by atoms with van der Waals surface area (Å²) < 4.78 is 5.87. The van der Waals surface area contributed by atoms with Crippen molar-refractivity contribution in [3.63, 3.8) is 0 Å². The largest absolute Gasteiger partial charge is 0.446 e. The average molecular weight is 503 g/mol. The lowest BCUT2D eigenvalue weighted by Crippen LogP contribution is -2.51. The van der Waals surface area contributed by atoms with Gasteiger partial charge in [0.1, 0.15) is 6.10 Å². The van der Waals surface area contributed by atoms with E-state index in [9.17, 15) is 4.79 Å².